The highest BCUT2D eigenvalue weighted by atomic mass is 32.1. The first-order valence-electron chi connectivity index (χ1n) is 5.47. The second-order valence-corrected chi connectivity index (χ2v) is 4.84. The summed E-state index contributed by atoms with van der Waals surface area (Å²) in [5, 5.41) is 3.19. The van der Waals surface area contributed by atoms with E-state index in [1.54, 1.807) is 11.3 Å². The molecule has 1 aromatic carbocycles. The van der Waals surface area contributed by atoms with Crippen LogP contribution in [0.4, 0.5) is 0 Å². The van der Waals surface area contributed by atoms with Crippen molar-refractivity contribution in [1.82, 2.24) is 4.98 Å². The molecule has 0 fully saturated rings. The van der Waals surface area contributed by atoms with Crippen LogP contribution in [0.1, 0.15) is 28.5 Å². The summed E-state index contributed by atoms with van der Waals surface area (Å²) in [6.45, 7) is 2.81. The number of nitrogens with zero attached hydrogens (tertiary/aromatic N) is 1. The molecule has 84 valence electrons. The van der Waals surface area contributed by atoms with Gasteiger partial charge in [0, 0.05) is 17.5 Å². The first-order valence-corrected chi connectivity index (χ1v) is 6.35. The molecule has 2 rings (SSSR count). The average molecular weight is 232 g/mol. The predicted molar refractivity (Wildman–Crippen MR) is 68.8 cm³/mol. The molecule has 1 unspecified atom stereocenters. The zero-order valence-corrected chi connectivity index (χ0v) is 10.2. The van der Waals surface area contributed by atoms with Gasteiger partial charge in [0.15, 0.2) is 0 Å². The Bertz CT molecular complexity index is 437. The molecule has 2 nitrogen and oxygen atoms in total. The average Bonchev–Trinajstić information content (AvgIpc) is 2.79. The van der Waals surface area contributed by atoms with Gasteiger partial charge in [0.05, 0.1) is 5.01 Å². The normalized spacial score (nSPS) is 12.6. The summed E-state index contributed by atoms with van der Waals surface area (Å²) in [7, 11) is 0. The van der Waals surface area contributed by atoms with Crippen molar-refractivity contribution in [2.24, 2.45) is 5.73 Å². The number of rotatable bonds is 4. The monoisotopic (exact) mass is 232 g/mol. The molecule has 0 aliphatic heterocycles. The predicted octanol–water partition coefficient (Wildman–Crippen LogP) is 2.93. The van der Waals surface area contributed by atoms with Crippen molar-refractivity contribution in [3.63, 3.8) is 0 Å². The van der Waals surface area contributed by atoms with Crippen LogP contribution < -0.4 is 5.73 Å². The summed E-state index contributed by atoms with van der Waals surface area (Å²) in [6.07, 6.45) is 2.82. The van der Waals surface area contributed by atoms with Crippen LogP contribution in [0.25, 0.3) is 0 Å². The zero-order chi connectivity index (χ0) is 11.4. The van der Waals surface area contributed by atoms with Gasteiger partial charge in [-0.1, -0.05) is 29.8 Å². The summed E-state index contributed by atoms with van der Waals surface area (Å²) < 4.78 is 0. The Morgan fingerprint density at radius 3 is 2.94 bits per heavy atom. The smallest absolute Gasteiger partial charge is 0.1000 e. The van der Waals surface area contributed by atoms with Gasteiger partial charge < -0.3 is 5.73 Å². The van der Waals surface area contributed by atoms with Crippen LogP contribution in [-0.2, 0) is 0 Å². The summed E-state index contributed by atoms with van der Waals surface area (Å²) in [4.78, 5) is 4.40. The molecule has 0 radical (unpaired) electrons. The van der Waals surface area contributed by atoms with E-state index < -0.39 is 0 Å². The number of aryl methyl sites for hydroxylation is 1. The molecule has 1 heterocycles. The first kappa shape index (κ1) is 11.3. The molecule has 3 heteroatoms. The lowest BCUT2D eigenvalue weighted by molar-refractivity contribution is 0.720. The van der Waals surface area contributed by atoms with Gasteiger partial charge in [-0.3, -0.25) is 0 Å². The van der Waals surface area contributed by atoms with E-state index in [2.05, 4.69) is 36.2 Å². The van der Waals surface area contributed by atoms with E-state index in [1.807, 2.05) is 11.6 Å². The Kier molecular flexibility index (Phi) is 3.70. The standard InChI is InChI=1S/C13H16N2S/c1-10-3-2-4-11(9-10)12(5-6-14)13-15-7-8-16-13/h2-4,7-9,12H,5-6,14H2,1H3. The third-order valence-electron chi connectivity index (χ3n) is 2.65. The molecule has 1 atom stereocenters. The Morgan fingerprint density at radius 2 is 2.31 bits per heavy atom. The fourth-order valence-electron chi connectivity index (χ4n) is 1.89. The van der Waals surface area contributed by atoms with Crippen LogP contribution in [-0.4, -0.2) is 11.5 Å². The largest absolute Gasteiger partial charge is 0.330 e. The van der Waals surface area contributed by atoms with E-state index in [1.165, 1.54) is 11.1 Å². The topological polar surface area (TPSA) is 38.9 Å². The minimum absolute atomic E-state index is 0.352. The minimum atomic E-state index is 0.352. The third-order valence-corrected chi connectivity index (χ3v) is 3.54. The lowest BCUT2D eigenvalue weighted by atomic mass is 9.95. The van der Waals surface area contributed by atoms with Crippen LogP contribution in [0.5, 0.6) is 0 Å². The molecule has 1 aromatic heterocycles. The second kappa shape index (κ2) is 5.23. The van der Waals surface area contributed by atoms with Crippen LogP contribution in [0.2, 0.25) is 0 Å². The molecule has 2 N–H and O–H groups in total. The van der Waals surface area contributed by atoms with E-state index in [0.29, 0.717) is 12.5 Å². The van der Waals surface area contributed by atoms with Crippen LogP contribution in [0.15, 0.2) is 35.8 Å². The van der Waals surface area contributed by atoms with Gasteiger partial charge >= 0.3 is 0 Å². The number of aromatic nitrogens is 1. The molecular formula is C13H16N2S. The number of nitrogens with two attached hydrogens (primary N) is 1. The molecule has 0 amide bonds. The number of benzene rings is 1. The Balaban J connectivity index is 2.33. The zero-order valence-electron chi connectivity index (χ0n) is 9.39. The van der Waals surface area contributed by atoms with Gasteiger partial charge in [0.25, 0.3) is 0 Å². The molecule has 0 saturated heterocycles. The molecule has 16 heavy (non-hydrogen) atoms. The quantitative estimate of drug-likeness (QED) is 0.880. The molecular weight excluding hydrogens is 216 g/mol. The maximum Gasteiger partial charge on any atom is 0.1000 e. The van der Waals surface area contributed by atoms with Crippen LogP contribution in [0.3, 0.4) is 0 Å². The highest BCUT2D eigenvalue weighted by Crippen LogP contribution is 2.29. The van der Waals surface area contributed by atoms with Crippen molar-refractivity contribution in [3.05, 3.63) is 52.0 Å². The van der Waals surface area contributed by atoms with Gasteiger partial charge in [0.2, 0.25) is 0 Å². The van der Waals surface area contributed by atoms with E-state index in [0.717, 1.165) is 11.4 Å². The van der Waals surface area contributed by atoms with Crippen molar-refractivity contribution in [1.29, 1.82) is 0 Å². The highest BCUT2D eigenvalue weighted by molar-refractivity contribution is 7.09. The number of hydrogen-bond acceptors (Lipinski definition) is 3. The van der Waals surface area contributed by atoms with Crippen LogP contribution in [0, 0.1) is 6.92 Å². The van der Waals surface area contributed by atoms with Crippen molar-refractivity contribution >= 4 is 11.3 Å². The van der Waals surface area contributed by atoms with E-state index in [-0.39, 0.29) is 0 Å². The number of hydrogen-bond donors (Lipinski definition) is 1. The molecule has 0 aliphatic carbocycles. The van der Waals surface area contributed by atoms with Gasteiger partial charge in [-0.25, -0.2) is 4.98 Å². The van der Waals surface area contributed by atoms with Crippen molar-refractivity contribution in [2.45, 2.75) is 19.3 Å². The minimum Gasteiger partial charge on any atom is -0.330 e. The molecule has 0 aliphatic rings. The van der Waals surface area contributed by atoms with Crippen molar-refractivity contribution in [3.8, 4) is 0 Å². The Morgan fingerprint density at radius 1 is 1.44 bits per heavy atom. The molecule has 2 aromatic rings. The fraction of sp³-hybridized carbons (Fsp3) is 0.308. The van der Waals surface area contributed by atoms with Gasteiger partial charge in [0.1, 0.15) is 0 Å². The summed E-state index contributed by atoms with van der Waals surface area (Å²) >= 11 is 1.71. The van der Waals surface area contributed by atoms with Gasteiger partial charge in [-0.2, -0.15) is 0 Å². The van der Waals surface area contributed by atoms with E-state index in [4.69, 9.17) is 5.73 Å². The summed E-state index contributed by atoms with van der Waals surface area (Å²) in [5.41, 5.74) is 8.30. The number of thiazole rings is 1. The molecule has 0 spiro atoms. The van der Waals surface area contributed by atoms with E-state index >= 15 is 0 Å². The molecule has 0 bridgehead atoms. The third kappa shape index (κ3) is 2.49. The van der Waals surface area contributed by atoms with Crippen molar-refractivity contribution < 1.29 is 0 Å². The Hall–Kier alpha value is -1.19. The first-order chi connectivity index (χ1) is 7.81. The summed E-state index contributed by atoms with van der Waals surface area (Å²) in [5.74, 6) is 0.352. The highest BCUT2D eigenvalue weighted by Gasteiger charge is 2.15. The second-order valence-electron chi connectivity index (χ2n) is 3.91. The SMILES string of the molecule is Cc1cccc(C(CCN)c2nccs2)c1. The van der Waals surface area contributed by atoms with Gasteiger partial charge in [-0.05, 0) is 25.5 Å². The van der Waals surface area contributed by atoms with Gasteiger partial charge in [-0.15, -0.1) is 11.3 Å². The lowest BCUT2D eigenvalue weighted by Crippen LogP contribution is -2.08. The lowest BCUT2D eigenvalue weighted by Gasteiger charge is -2.14. The van der Waals surface area contributed by atoms with Crippen molar-refractivity contribution in [2.75, 3.05) is 6.54 Å². The maximum absolute atomic E-state index is 5.69. The van der Waals surface area contributed by atoms with Crippen LogP contribution >= 0.6 is 11.3 Å². The molecule has 0 saturated carbocycles. The van der Waals surface area contributed by atoms with E-state index in [9.17, 15) is 0 Å². The fourth-order valence-corrected chi connectivity index (χ4v) is 2.69. The Labute approximate surface area is 100 Å². The summed E-state index contributed by atoms with van der Waals surface area (Å²) in [6, 6.07) is 8.60. The maximum atomic E-state index is 5.69.